The SMILES string of the molecule is Cc1onc(-c2ccccc2F)c1C(=O)N(C)C. The maximum Gasteiger partial charge on any atom is 0.259 e. The first kappa shape index (κ1) is 12.3. The topological polar surface area (TPSA) is 46.3 Å². The summed E-state index contributed by atoms with van der Waals surface area (Å²) in [7, 11) is 3.25. The number of aromatic nitrogens is 1. The van der Waals surface area contributed by atoms with Crippen molar-refractivity contribution in [2.75, 3.05) is 14.1 Å². The lowest BCUT2D eigenvalue weighted by Gasteiger charge is -2.10. The lowest BCUT2D eigenvalue weighted by atomic mass is 10.0. The fraction of sp³-hybridized carbons (Fsp3) is 0.231. The summed E-state index contributed by atoms with van der Waals surface area (Å²) in [6.45, 7) is 1.63. The Kier molecular flexibility index (Phi) is 3.14. The molecule has 0 aliphatic rings. The number of aryl methyl sites for hydroxylation is 1. The lowest BCUT2D eigenvalue weighted by Crippen LogP contribution is -2.22. The number of hydrogen-bond acceptors (Lipinski definition) is 3. The quantitative estimate of drug-likeness (QED) is 0.820. The fourth-order valence-corrected chi connectivity index (χ4v) is 1.68. The average molecular weight is 248 g/mol. The van der Waals surface area contributed by atoms with E-state index in [4.69, 9.17) is 4.52 Å². The molecular formula is C13H13FN2O2. The molecule has 0 spiro atoms. The molecule has 0 unspecified atom stereocenters. The molecule has 0 saturated carbocycles. The van der Waals surface area contributed by atoms with Crippen molar-refractivity contribution in [3.8, 4) is 11.3 Å². The van der Waals surface area contributed by atoms with Crippen LogP contribution in [0.4, 0.5) is 4.39 Å². The number of amides is 1. The summed E-state index contributed by atoms with van der Waals surface area (Å²) >= 11 is 0. The molecule has 4 nitrogen and oxygen atoms in total. The molecule has 94 valence electrons. The molecule has 0 saturated heterocycles. The highest BCUT2D eigenvalue weighted by molar-refractivity contribution is 6.00. The first-order valence-electron chi connectivity index (χ1n) is 5.45. The Balaban J connectivity index is 2.60. The van der Waals surface area contributed by atoms with Crippen molar-refractivity contribution in [3.63, 3.8) is 0 Å². The van der Waals surface area contributed by atoms with Gasteiger partial charge in [0.15, 0.2) is 0 Å². The first-order chi connectivity index (χ1) is 8.52. The van der Waals surface area contributed by atoms with Gasteiger partial charge in [-0.2, -0.15) is 0 Å². The van der Waals surface area contributed by atoms with Gasteiger partial charge in [-0.3, -0.25) is 4.79 Å². The van der Waals surface area contributed by atoms with Crippen LogP contribution in [0.5, 0.6) is 0 Å². The Hall–Kier alpha value is -2.17. The van der Waals surface area contributed by atoms with E-state index in [1.54, 1.807) is 39.2 Å². The minimum Gasteiger partial charge on any atom is -0.360 e. The van der Waals surface area contributed by atoms with Gasteiger partial charge < -0.3 is 9.42 Å². The predicted molar refractivity (Wildman–Crippen MR) is 64.7 cm³/mol. The Morgan fingerprint density at radius 3 is 2.61 bits per heavy atom. The molecule has 1 amide bonds. The Labute approximate surface area is 104 Å². The van der Waals surface area contributed by atoms with Crippen molar-refractivity contribution in [2.45, 2.75) is 6.92 Å². The van der Waals surface area contributed by atoms with Crippen LogP contribution in [0.2, 0.25) is 0 Å². The van der Waals surface area contributed by atoms with E-state index in [0.29, 0.717) is 11.3 Å². The Bertz CT molecular complexity index is 590. The second-order valence-corrected chi connectivity index (χ2v) is 4.14. The van der Waals surface area contributed by atoms with E-state index in [0.717, 1.165) is 0 Å². The maximum atomic E-state index is 13.7. The molecule has 2 rings (SSSR count). The van der Waals surface area contributed by atoms with Gasteiger partial charge >= 0.3 is 0 Å². The molecule has 0 N–H and O–H groups in total. The third kappa shape index (κ3) is 1.99. The van der Waals surface area contributed by atoms with Crippen LogP contribution in [0.15, 0.2) is 28.8 Å². The summed E-state index contributed by atoms with van der Waals surface area (Å²) in [5.74, 6) is -0.308. The van der Waals surface area contributed by atoms with Gasteiger partial charge in [0.1, 0.15) is 22.8 Å². The molecule has 5 heteroatoms. The standard InChI is InChI=1S/C13H13FN2O2/c1-8-11(13(17)16(2)3)12(15-18-8)9-6-4-5-7-10(9)14/h4-7H,1-3H3. The molecule has 0 bridgehead atoms. The molecule has 0 radical (unpaired) electrons. The van der Waals surface area contributed by atoms with Crippen molar-refractivity contribution in [1.29, 1.82) is 0 Å². The van der Waals surface area contributed by atoms with E-state index in [9.17, 15) is 9.18 Å². The zero-order valence-electron chi connectivity index (χ0n) is 10.4. The van der Waals surface area contributed by atoms with E-state index in [1.165, 1.54) is 11.0 Å². The highest BCUT2D eigenvalue weighted by Gasteiger charge is 2.24. The second kappa shape index (κ2) is 4.60. The number of carbonyl (C=O) groups excluding carboxylic acids is 1. The first-order valence-corrected chi connectivity index (χ1v) is 5.45. The Morgan fingerprint density at radius 2 is 2.00 bits per heavy atom. The predicted octanol–water partition coefficient (Wildman–Crippen LogP) is 2.49. The van der Waals surface area contributed by atoms with Gasteiger partial charge in [0.25, 0.3) is 5.91 Å². The van der Waals surface area contributed by atoms with Crippen LogP contribution in [-0.4, -0.2) is 30.1 Å². The van der Waals surface area contributed by atoms with Crippen molar-refractivity contribution in [2.24, 2.45) is 0 Å². The van der Waals surface area contributed by atoms with Crippen molar-refractivity contribution < 1.29 is 13.7 Å². The van der Waals surface area contributed by atoms with Crippen LogP contribution in [0.3, 0.4) is 0 Å². The number of hydrogen-bond donors (Lipinski definition) is 0. The third-order valence-corrected chi connectivity index (χ3v) is 2.61. The van der Waals surface area contributed by atoms with Crippen LogP contribution in [0.25, 0.3) is 11.3 Å². The van der Waals surface area contributed by atoms with Crippen LogP contribution in [0, 0.1) is 12.7 Å². The number of halogens is 1. The van der Waals surface area contributed by atoms with Gasteiger partial charge in [-0.25, -0.2) is 4.39 Å². The van der Waals surface area contributed by atoms with Crippen molar-refractivity contribution >= 4 is 5.91 Å². The summed E-state index contributed by atoms with van der Waals surface area (Å²) in [5.41, 5.74) is 0.800. The normalized spacial score (nSPS) is 10.4. The van der Waals surface area contributed by atoms with Gasteiger partial charge in [-0.1, -0.05) is 17.3 Å². The molecule has 0 aliphatic carbocycles. The maximum absolute atomic E-state index is 13.7. The summed E-state index contributed by atoms with van der Waals surface area (Å²) < 4.78 is 18.7. The van der Waals surface area contributed by atoms with E-state index < -0.39 is 5.82 Å². The fourth-order valence-electron chi connectivity index (χ4n) is 1.68. The van der Waals surface area contributed by atoms with Crippen LogP contribution < -0.4 is 0 Å². The second-order valence-electron chi connectivity index (χ2n) is 4.14. The van der Waals surface area contributed by atoms with Crippen molar-refractivity contribution in [1.82, 2.24) is 10.1 Å². The van der Waals surface area contributed by atoms with E-state index in [1.807, 2.05) is 0 Å². The molecule has 18 heavy (non-hydrogen) atoms. The summed E-state index contributed by atoms with van der Waals surface area (Å²) in [6, 6.07) is 6.16. The van der Waals surface area contributed by atoms with E-state index in [-0.39, 0.29) is 17.2 Å². The summed E-state index contributed by atoms with van der Waals surface area (Å²) in [4.78, 5) is 13.4. The van der Waals surface area contributed by atoms with E-state index >= 15 is 0 Å². The molecule has 1 aromatic carbocycles. The highest BCUT2D eigenvalue weighted by atomic mass is 19.1. The molecule has 0 aliphatic heterocycles. The van der Waals surface area contributed by atoms with Gasteiger partial charge in [0, 0.05) is 19.7 Å². The largest absolute Gasteiger partial charge is 0.360 e. The minimum atomic E-state index is -0.432. The monoisotopic (exact) mass is 248 g/mol. The zero-order chi connectivity index (χ0) is 13.3. The van der Waals surface area contributed by atoms with Crippen LogP contribution in [0.1, 0.15) is 16.1 Å². The van der Waals surface area contributed by atoms with Gasteiger partial charge in [-0.15, -0.1) is 0 Å². The molecule has 0 fully saturated rings. The Morgan fingerprint density at radius 1 is 1.33 bits per heavy atom. The molecule has 0 atom stereocenters. The minimum absolute atomic E-state index is 0.240. The van der Waals surface area contributed by atoms with Crippen LogP contribution in [-0.2, 0) is 0 Å². The summed E-state index contributed by atoms with van der Waals surface area (Å²) in [6.07, 6.45) is 0. The summed E-state index contributed by atoms with van der Waals surface area (Å²) in [5, 5.41) is 3.79. The molecule has 1 aromatic heterocycles. The number of nitrogens with zero attached hydrogens (tertiary/aromatic N) is 2. The van der Waals surface area contributed by atoms with Gasteiger partial charge in [-0.05, 0) is 19.1 Å². The zero-order valence-corrected chi connectivity index (χ0v) is 10.4. The number of carbonyl (C=O) groups is 1. The molecular weight excluding hydrogens is 235 g/mol. The van der Waals surface area contributed by atoms with Crippen LogP contribution >= 0.6 is 0 Å². The number of benzene rings is 1. The number of rotatable bonds is 2. The molecule has 2 aromatic rings. The van der Waals surface area contributed by atoms with Crippen molar-refractivity contribution in [3.05, 3.63) is 41.4 Å². The lowest BCUT2D eigenvalue weighted by molar-refractivity contribution is 0.0826. The molecule has 1 heterocycles. The van der Waals surface area contributed by atoms with E-state index in [2.05, 4.69) is 5.16 Å². The highest BCUT2D eigenvalue weighted by Crippen LogP contribution is 2.27. The average Bonchev–Trinajstić information content (AvgIpc) is 2.70. The van der Waals surface area contributed by atoms with Gasteiger partial charge in [0.05, 0.1) is 0 Å². The smallest absolute Gasteiger partial charge is 0.259 e. The third-order valence-electron chi connectivity index (χ3n) is 2.61. The van der Waals surface area contributed by atoms with Gasteiger partial charge in [0.2, 0.25) is 0 Å².